The second kappa shape index (κ2) is 1.69. The first kappa shape index (κ1) is 7.29. The fraction of sp³-hybridized carbons (Fsp3) is 0.889. The molecule has 2 fully saturated rings. The molecular weight excluding hydrogens is 140 g/mol. The van der Waals surface area contributed by atoms with Crippen LogP contribution in [0.4, 0.5) is 0 Å². The van der Waals surface area contributed by atoms with E-state index in [0.29, 0.717) is 18.8 Å². The van der Waals surface area contributed by atoms with E-state index in [1.807, 2.05) is 13.8 Å². The molecule has 1 N–H and O–H groups in total. The average molecular weight is 154 g/mol. The van der Waals surface area contributed by atoms with Gasteiger partial charge in [0.05, 0.1) is 0 Å². The van der Waals surface area contributed by atoms with Crippen molar-refractivity contribution in [2.75, 3.05) is 0 Å². The first-order valence-corrected chi connectivity index (χ1v) is 4.24. The van der Waals surface area contributed by atoms with Gasteiger partial charge in [-0.3, -0.25) is 4.79 Å². The van der Waals surface area contributed by atoms with E-state index in [9.17, 15) is 9.90 Å². The number of carbonyl (C=O) groups excluding carboxylic acids is 1. The van der Waals surface area contributed by atoms with E-state index < -0.39 is 5.60 Å². The fourth-order valence-corrected chi connectivity index (χ4v) is 2.65. The zero-order valence-corrected chi connectivity index (χ0v) is 7.05. The second-order valence-electron chi connectivity index (χ2n) is 4.44. The van der Waals surface area contributed by atoms with Crippen LogP contribution in [0.15, 0.2) is 0 Å². The number of aliphatic hydroxyl groups is 1. The van der Waals surface area contributed by atoms with Crippen LogP contribution in [-0.2, 0) is 4.79 Å². The van der Waals surface area contributed by atoms with Crippen molar-refractivity contribution >= 4 is 5.78 Å². The monoisotopic (exact) mass is 154 g/mol. The molecule has 2 heteroatoms. The van der Waals surface area contributed by atoms with E-state index in [1.165, 1.54) is 0 Å². The van der Waals surface area contributed by atoms with Crippen molar-refractivity contribution in [1.29, 1.82) is 0 Å². The zero-order valence-electron chi connectivity index (χ0n) is 7.05. The molecule has 0 saturated heterocycles. The van der Waals surface area contributed by atoms with Crippen molar-refractivity contribution in [3.8, 4) is 0 Å². The molecule has 0 unspecified atom stereocenters. The first-order valence-electron chi connectivity index (χ1n) is 4.24. The van der Waals surface area contributed by atoms with Gasteiger partial charge in [-0.05, 0) is 18.8 Å². The van der Waals surface area contributed by atoms with E-state index in [0.717, 1.165) is 6.42 Å². The highest BCUT2D eigenvalue weighted by molar-refractivity contribution is 5.91. The largest absolute Gasteiger partial charge is 0.382 e. The average Bonchev–Trinajstić information content (AvgIpc) is 2.20. The molecule has 2 aliphatic rings. The summed E-state index contributed by atoms with van der Waals surface area (Å²) in [4.78, 5) is 11.3. The van der Waals surface area contributed by atoms with Gasteiger partial charge in [-0.2, -0.15) is 0 Å². The summed E-state index contributed by atoms with van der Waals surface area (Å²) in [6, 6.07) is 0. The van der Waals surface area contributed by atoms with Crippen LogP contribution in [0.1, 0.15) is 33.1 Å². The highest BCUT2D eigenvalue weighted by Crippen LogP contribution is 2.58. The fourth-order valence-electron chi connectivity index (χ4n) is 2.65. The van der Waals surface area contributed by atoms with Crippen molar-refractivity contribution in [2.24, 2.45) is 11.3 Å². The molecule has 0 aromatic rings. The Labute approximate surface area is 66.6 Å². The van der Waals surface area contributed by atoms with Gasteiger partial charge >= 0.3 is 0 Å². The molecule has 0 aromatic carbocycles. The van der Waals surface area contributed by atoms with Gasteiger partial charge in [0.15, 0.2) is 5.78 Å². The van der Waals surface area contributed by atoms with Gasteiger partial charge in [-0.25, -0.2) is 0 Å². The van der Waals surface area contributed by atoms with Crippen LogP contribution in [0.25, 0.3) is 0 Å². The lowest BCUT2D eigenvalue weighted by molar-refractivity contribution is -0.140. The van der Waals surface area contributed by atoms with E-state index in [2.05, 4.69) is 0 Å². The molecule has 0 aliphatic heterocycles. The van der Waals surface area contributed by atoms with Crippen LogP contribution < -0.4 is 0 Å². The lowest BCUT2D eigenvalue weighted by Gasteiger charge is -2.30. The molecule has 0 heterocycles. The molecule has 0 radical (unpaired) electrons. The lowest BCUT2D eigenvalue weighted by Crippen LogP contribution is -2.42. The molecule has 11 heavy (non-hydrogen) atoms. The van der Waals surface area contributed by atoms with Crippen LogP contribution in [0.5, 0.6) is 0 Å². The van der Waals surface area contributed by atoms with Gasteiger partial charge < -0.3 is 5.11 Å². The molecule has 2 saturated carbocycles. The predicted molar refractivity (Wildman–Crippen MR) is 41.1 cm³/mol. The number of ketones is 1. The minimum Gasteiger partial charge on any atom is -0.382 e. The van der Waals surface area contributed by atoms with Crippen molar-refractivity contribution in [2.45, 2.75) is 38.7 Å². The van der Waals surface area contributed by atoms with Gasteiger partial charge in [0.1, 0.15) is 5.60 Å². The summed E-state index contributed by atoms with van der Waals surface area (Å²) in [5.74, 6) is 0.499. The van der Waals surface area contributed by atoms with Crippen LogP contribution >= 0.6 is 0 Å². The summed E-state index contributed by atoms with van der Waals surface area (Å²) >= 11 is 0. The molecule has 2 aliphatic carbocycles. The smallest absolute Gasteiger partial charge is 0.165 e. The summed E-state index contributed by atoms with van der Waals surface area (Å²) in [6.07, 6.45) is 2.31. The van der Waals surface area contributed by atoms with Gasteiger partial charge in [0.25, 0.3) is 0 Å². The third kappa shape index (κ3) is 0.598. The number of rotatable bonds is 0. The van der Waals surface area contributed by atoms with Crippen molar-refractivity contribution in [3.05, 3.63) is 0 Å². The number of carbonyl (C=O) groups is 1. The molecule has 2 bridgehead atoms. The molecule has 2 rings (SSSR count). The number of Topliss-reactive ketones (excluding diaryl/α,β-unsaturated/α-hetero) is 1. The van der Waals surface area contributed by atoms with E-state index >= 15 is 0 Å². The topological polar surface area (TPSA) is 37.3 Å². The molecule has 0 amide bonds. The zero-order chi connectivity index (χ0) is 8.28. The minimum atomic E-state index is -0.975. The van der Waals surface area contributed by atoms with Crippen LogP contribution in [0.3, 0.4) is 0 Å². The summed E-state index contributed by atoms with van der Waals surface area (Å²) in [7, 11) is 0. The Balaban J connectivity index is 2.47. The minimum absolute atomic E-state index is 0.0683. The maximum Gasteiger partial charge on any atom is 0.165 e. The molecular formula is C9H14O2. The van der Waals surface area contributed by atoms with Crippen LogP contribution in [-0.4, -0.2) is 16.5 Å². The summed E-state index contributed by atoms with van der Waals surface area (Å²) < 4.78 is 0. The molecule has 0 spiro atoms. The molecule has 2 atom stereocenters. The SMILES string of the molecule is CC1(C)[C@H]2CC[C@]1(O)C(=O)C2. The quantitative estimate of drug-likeness (QED) is 0.568. The Kier molecular flexibility index (Phi) is 1.12. The second-order valence-corrected chi connectivity index (χ2v) is 4.44. The Morgan fingerprint density at radius 3 is 2.36 bits per heavy atom. The predicted octanol–water partition coefficient (Wildman–Crippen LogP) is 1.13. The maximum absolute atomic E-state index is 11.3. The van der Waals surface area contributed by atoms with E-state index in [4.69, 9.17) is 0 Å². The number of hydrogen-bond donors (Lipinski definition) is 1. The van der Waals surface area contributed by atoms with Gasteiger partial charge in [0.2, 0.25) is 0 Å². The third-order valence-corrected chi connectivity index (χ3v) is 3.83. The van der Waals surface area contributed by atoms with Gasteiger partial charge in [-0.1, -0.05) is 13.8 Å². The Morgan fingerprint density at radius 1 is 1.55 bits per heavy atom. The number of fused-ring (bicyclic) bond motifs is 2. The third-order valence-electron chi connectivity index (χ3n) is 3.83. The van der Waals surface area contributed by atoms with Gasteiger partial charge in [-0.15, -0.1) is 0 Å². The van der Waals surface area contributed by atoms with Crippen molar-refractivity contribution in [3.63, 3.8) is 0 Å². The molecule has 0 aromatic heterocycles. The summed E-state index contributed by atoms with van der Waals surface area (Å²) in [5, 5.41) is 9.99. The Morgan fingerprint density at radius 2 is 2.18 bits per heavy atom. The van der Waals surface area contributed by atoms with Crippen molar-refractivity contribution < 1.29 is 9.90 Å². The van der Waals surface area contributed by atoms with Crippen LogP contribution in [0, 0.1) is 11.3 Å². The van der Waals surface area contributed by atoms with Crippen molar-refractivity contribution in [1.82, 2.24) is 0 Å². The Bertz CT molecular complexity index is 220. The van der Waals surface area contributed by atoms with E-state index in [1.54, 1.807) is 0 Å². The molecule has 2 nitrogen and oxygen atoms in total. The van der Waals surface area contributed by atoms with E-state index in [-0.39, 0.29) is 11.2 Å². The number of hydrogen-bond acceptors (Lipinski definition) is 2. The maximum atomic E-state index is 11.3. The highest BCUT2D eigenvalue weighted by Gasteiger charge is 2.63. The summed E-state index contributed by atoms with van der Waals surface area (Å²) in [5.41, 5.74) is -1.14. The van der Waals surface area contributed by atoms with Crippen LogP contribution in [0.2, 0.25) is 0 Å². The summed E-state index contributed by atoms with van der Waals surface area (Å²) in [6.45, 7) is 4.02. The lowest BCUT2D eigenvalue weighted by atomic mass is 9.79. The normalized spacial score (nSPS) is 46.8. The standard InChI is InChI=1S/C9H14O2/c1-8(2)6-3-4-9(8,11)7(10)5-6/h6,11H,3-5H2,1-2H3/t6-,9-/m0/s1. The first-order chi connectivity index (χ1) is 4.98. The highest BCUT2D eigenvalue weighted by atomic mass is 16.3. The van der Waals surface area contributed by atoms with Gasteiger partial charge in [0, 0.05) is 11.8 Å². The Hall–Kier alpha value is -0.370. The molecule has 62 valence electrons.